The molecule has 4 nitrogen and oxygen atoms in total. The predicted molar refractivity (Wildman–Crippen MR) is 218 cm³/mol. The number of allylic oxidation sites excluding steroid dienone is 1. The average molecular weight is 677 g/mol. The van der Waals surface area contributed by atoms with E-state index in [-0.39, 0.29) is 17.1 Å². The van der Waals surface area contributed by atoms with E-state index in [1.165, 1.54) is 53.7 Å². The molecule has 52 heavy (non-hydrogen) atoms. The molecule has 1 fully saturated rings. The maximum Gasteiger partial charge on any atom is 0.144 e. The minimum absolute atomic E-state index is 0.0570. The van der Waals surface area contributed by atoms with Crippen LogP contribution in [0, 0.1) is 0 Å². The number of hydrogen-bond donors (Lipinski definition) is 1. The van der Waals surface area contributed by atoms with Gasteiger partial charge >= 0.3 is 0 Å². The van der Waals surface area contributed by atoms with Crippen LogP contribution in [0.25, 0.3) is 16.8 Å². The van der Waals surface area contributed by atoms with E-state index >= 15 is 0 Å². The molecule has 0 bridgehead atoms. The molecule has 1 N–H and O–H groups in total. The highest BCUT2D eigenvalue weighted by Gasteiger charge is 2.57. The number of anilines is 5. The maximum absolute atomic E-state index is 4.85. The first-order valence-electron chi connectivity index (χ1n) is 18.6. The smallest absolute Gasteiger partial charge is 0.144 e. The lowest BCUT2D eigenvalue weighted by molar-refractivity contribution is 0.195. The van der Waals surface area contributed by atoms with Gasteiger partial charge in [-0.3, -0.25) is 4.99 Å². The van der Waals surface area contributed by atoms with Crippen LogP contribution in [0.2, 0.25) is 0 Å². The summed E-state index contributed by atoms with van der Waals surface area (Å²) in [6.07, 6.45) is 8.86. The molecule has 256 valence electrons. The molecule has 6 aromatic carbocycles. The summed E-state index contributed by atoms with van der Waals surface area (Å²) in [5.74, 6) is 0. The van der Waals surface area contributed by atoms with E-state index in [0.29, 0.717) is 0 Å². The number of benzene rings is 6. The molecule has 0 saturated heterocycles. The van der Waals surface area contributed by atoms with Gasteiger partial charge in [0.1, 0.15) is 6.17 Å². The summed E-state index contributed by atoms with van der Waals surface area (Å²) in [4.78, 5) is 9.79. The molecule has 0 spiro atoms. The van der Waals surface area contributed by atoms with Crippen molar-refractivity contribution in [3.8, 4) is 11.1 Å². The second-order valence-corrected chi connectivity index (χ2v) is 14.8. The molecule has 0 aromatic heterocycles. The number of aliphatic imine (C=N–C) groups is 1. The minimum Gasteiger partial charge on any atom is -0.360 e. The monoisotopic (exact) mass is 676 g/mol. The van der Waals surface area contributed by atoms with Crippen molar-refractivity contribution in [2.75, 3.05) is 9.80 Å². The molecule has 1 saturated carbocycles. The van der Waals surface area contributed by atoms with Crippen molar-refractivity contribution in [3.05, 3.63) is 180 Å². The number of rotatable bonds is 7. The van der Waals surface area contributed by atoms with Crippen LogP contribution in [0.5, 0.6) is 0 Å². The van der Waals surface area contributed by atoms with Gasteiger partial charge in [0.2, 0.25) is 0 Å². The Labute approximate surface area is 307 Å². The topological polar surface area (TPSA) is 30.9 Å². The molecule has 4 heteroatoms. The van der Waals surface area contributed by atoms with Gasteiger partial charge < -0.3 is 15.1 Å². The molecule has 0 amide bonds. The van der Waals surface area contributed by atoms with Crippen LogP contribution in [-0.2, 0) is 5.41 Å². The summed E-state index contributed by atoms with van der Waals surface area (Å²) < 4.78 is 0. The molecule has 2 aliphatic heterocycles. The normalized spacial score (nSPS) is 21.8. The summed E-state index contributed by atoms with van der Waals surface area (Å²) in [6.45, 7) is 4.97. The Hall–Kier alpha value is -5.87. The summed E-state index contributed by atoms with van der Waals surface area (Å²) in [5, 5.41) is 3.72. The largest absolute Gasteiger partial charge is 0.360 e. The summed E-state index contributed by atoms with van der Waals surface area (Å²) in [6, 6.07) is 56.9. The standard InChI is InChI=1S/C48H44N4/c1-47-32-11-12-33-48(47,2)52(45-18-10-9-17-43(45)47)42-29-23-38(24-30-42)46-49-34-31-44(50-46)37-21-27-41(28-22-37)51(39-15-7-4-8-16-39)40-25-19-36(20-26-40)35-13-5-3-6-14-35/h3-10,13-31,34,46,50H,11-12,32-33H2,1-2H3. The summed E-state index contributed by atoms with van der Waals surface area (Å²) >= 11 is 0. The number of nitrogens with one attached hydrogen (secondary N) is 1. The van der Waals surface area contributed by atoms with E-state index in [1.807, 2.05) is 6.21 Å². The minimum atomic E-state index is -0.154. The summed E-state index contributed by atoms with van der Waals surface area (Å²) in [7, 11) is 0. The van der Waals surface area contributed by atoms with Crippen LogP contribution >= 0.6 is 0 Å². The van der Waals surface area contributed by atoms with Crippen molar-refractivity contribution in [1.29, 1.82) is 0 Å². The fourth-order valence-corrected chi connectivity index (χ4v) is 8.94. The third kappa shape index (κ3) is 5.41. The Bertz CT molecular complexity index is 2240. The van der Waals surface area contributed by atoms with Gasteiger partial charge in [0.25, 0.3) is 0 Å². The third-order valence-electron chi connectivity index (χ3n) is 11.9. The van der Waals surface area contributed by atoms with Gasteiger partial charge in [-0.1, -0.05) is 123 Å². The van der Waals surface area contributed by atoms with Gasteiger partial charge in [-0.25, -0.2) is 0 Å². The van der Waals surface area contributed by atoms with Gasteiger partial charge in [0.15, 0.2) is 0 Å². The van der Waals surface area contributed by atoms with Gasteiger partial charge in [0.05, 0.1) is 5.54 Å². The highest BCUT2D eigenvalue weighted by molar-refractivity contribution is 5.87. The summed E-state index contributed by atoms with van der Waals surface area (Å²) in [5.41, 5.74) is 13.4. The first-order chi connectivity index (χ1) is 25.5. The maximum atomic E-state index is 4.85. The molecule has 6 aromatic rings. The first kappa shape index (κ1) is 32.1. The Morgan fingerprint density at radius 2 is 1.17 bits per heavy atom. The average Bonchev–Trinajstić information content (AvgIpc) is 3.42. The molecule has 3 atom stereocenters. The zero-order valence-corrected chi connectivity index (χ0v) is 29.9. The van der Waals surface area contributed by atoms with Crippen molar-refractivity contribution in [1.82, 2.24) is 5.32 Å². The highest BCUT2D eigenvalue weighted by Crippen LogP contribution is 2.60. The highest BCUT2D eigenvalue weighted by atomic mass is 15.3. The van der Waals surface area contributed by atoms with Crippen LogP contribution in [0.15, 0.2) is 169 Å². The molecule has 3 unspecified atom stereocenters. The quantitative estimate of drug-likeness (QED) is 0.183. The Balaban J connectivity index is 0.950. The lowest BCUT2D eigenvalue weighted by atomic mass is 9.61. The number of hydrogen-bond acceptors (Lipinski definition) is 4. The van der Waals surface area contributed by atoms with Crippen LogP contribution in [0.3, 0.4) is 0 Å². The van der Waals surface area contributed by atoms with Crippen molar-refractivity contribution in [2.24, 2.45) is 4.99 Å². The van der Waals surface area contributed by atoms with Crippen molar-refractivity contribution >= 4 is 40.3 Å². The van der Waals surface area contributed by atoms with E-state index in [4.69, 9.17) is 4.99 Å². The number of nitrogens with zero attached hydrogens (tertiary/aromatic N) is 3. The van der Waals surface area contributed by atoms with Gasteiger partial charge in [-0.05, 0) is 108 Å². The van der Waals surface area contributed by atoms with Crippen molar-refractivity contribution in [2.45, 2.75) is 56.7 Å². The van der Waals surface area contributed by atoms with E-state index in [0.717, 1.165) is 33.9 Å². The number of para-hydroxylation sites is 2. The molecule has 3 aliphatic rings. The van der Waals surface area contributed by atoms with E-state index in [1.54, 1.807) is 0 Å². The van der Waals surface area contributed by atoms with Crippen LogP contribution in [-0.4, -0.2) is 11.8 Å². The van der Waals surface area contributed by atoms with Crippen molar-refractivity contribution < 1.29 is 0 Å². The zero-order valence-electron chi connectivity index (χ0n) is 29.9. The fourth-order valence-electron chi connectivity index (χ4n) is 8.94. The lowest BCUT2D eigenvalue weighted by Crippen LogP contribution is -2.54. The van der Waals surface area contributed by atoms with E-state index < -0.39 is 0 Å². The van der Waals surface area contributed by atoms with Gasteiger partial charge in [-0.2, -0.15) is 0 Å². The Morgan fingerprint density at radius 1 is 0.596 bits per heavy atom. The fraction of sp³-hybridized carbons (Fsp3) is 0.188. The van der Waals surface area contributed by atoms with Crippen molar-refractivity contribution in [3.63, 3.8) is 0 Å². The SMILES string of the molecule is CC12CCCCC1(C)N(c1ccc(C3N=CC=C(c4ccc(N(c5ccccc5)c5ccc(-c6ccccc6)cc5)cc4)N3)cc1)c1ccccc12. The molecule has 9 rings (SSSR count). The van der Waals surface area contributed by atoms with Crippen LogP contribution in [0.4, 0.5) is 28.4 Å². The van der Waals surface area contributed by atoms with E-state index in [9.17, 15) is 0 Å². The molecular formula is C48H44N4. The van der Waals surface area contributed by atoms with Crippen LogP contribution < -0.4 is 15.1 Å². The molecular weight excluding hydrogens is 633 g/mol. The molecule has 0 radical (unpaired) electrons. The zero-order chi connectivity index (χ0) is 35.1. The number of fused-ring (bicyclic) bond motifs is 3. The predicted octanol–water partition coefficient (Wildman–Crippen LogP) is 12.3. The Kier molecular flexibility index (Phi) is 8.03. The lowest BCUT2D eigenvalue weighted by Gasteiger charge is -2.50. The van der Waals surface area contributed by atoms with Crippen LogP contribution in [0.1, 0.15) is 62.4 Å². The van der Waals surface area contributed by atoms with Gasteiger partial charge in [-0.15, -0.1) is 0 Å². The Morgan fingerprint density at radius 3 is 1.88 bits per heavy atom. The molecule has 2 heterocycles. The van der Waals surface area contributed by atoms with Gasteiger partial charge in [0, 0.05) is 45.8 Å². The second kappa shape index (κ2) is 13.0. The third-order valence-corrected chi connectivity index (χ3v) is 11.9. The second-order valence-electron chi connectivity index (χ2n) is 14.8. The van der Waals surface area contributed by atoms with E-state index in [2.05, 4.69) is 193 Å². The molecule has 1 aliphatic carbocycles. The first-order valence-corrected chi connectivity index (χ1v) is 18.6.